The average molecular weight is 592 g/mol. The molecule has 2 aromatic rings. The lowest BCUT2D eigenvalue weighted by atomic mass is 9.94. The minimum atomic E-state index is -3.46. The molecule has 1 fully saturated rings. The fourth-order valence-corrected chi connectivity index (χ4v) is 5.70. The van der Waals surface area contributed by atoms with Crippen molar-refractivity contribution >= 4 is 62.0 Å². The molecule has 0 radical (unpaired) electrons. The van der Waals surface area contributed by atoms with Crippen LogP contribution in [0.3, 0.4) is 0 Å². The molecule has 0 saturated carbocycles. The molecule has 208 valence electrons. The number of carbonyl (C=O) groups is 2. The standard InChI is InChI=1S/C25H29Cl2F2N3O5S/c1-3-37-20(33)13-17(15-5-7-16(8-6-15)38(35,36)4-2)24(34)31-19-14-18(26)23(21(27)22(19)30)32-11-9-25(28,29)10-12-32/h5-8,14,17H,3-4,9-13,30H2,1-2H3,(H,31,34). The Labute approximate surface area is 230 Å². The van der Waals surface area contributed by atoms with E-state index in [1.165, 1.54) is 37.3 Å². The van der Waals surface area contributed by atoms with Gasteiger partial charge in [0.15, 0.2) is 9.84 Å². The van der Waals surface area contributed by atoms with E-state index < -0.39 is 33.6 Å². The molecule has 0 bridgehead atoms. The third-order valence-corrected chi connectivity index (χ3v) is 8.74. The van der Waals surface area contributed by atoms with Gasteiger partial charge in [-0.25, -0.2) is 17.2 Å². The van der Waals surface area contributed by atoms with Gasteiger partial charge in [-0.1, -0.05) is 42.3 Å². The number of carbonyl (C=O) groups excluding carboxylic acids is 2. The van der Waals surface area contributed by atoms with E-state index >= 15 is 0 Å². The van der Waals surface area contributed by atoms with Crippen LogP contribution in [0.25, 0.3) is 0 Å². The number of ether oxygens (including phenoxy) is 1. The Morgan fingerprint density at radius 2 is 1.76 bits per heavy atom. The van der Waals surface area contributed by atoms with Crippen LogP contribution < -0.4 is 16.0 Å². The summed E-state index contributed by atoms with van der Waals surface area (Å²) in [5, 5.41) is 2.76. The van der Waals surface area contributed by atoms with Crippen LogP contribution in [0.15, 0.2) is 35.2 Å². The van der Waals surface area contributed by atoms with Crippen molar-refractivity contribution in [1.29, 1.82) is 0 Å². The summed E-state index contributed by atoms with van der Waals surface area (Å²) in [5.74, 6) is -5.15. The quantitative estimate of drug-likeness (QED) is 0.301. The average Bonchev–Trinajstić information content (AvgIpc) is 2.87. The number of halogens is 4. The number of nitrogens with two attached hydrogens (primary N) is 1. The number of amides is 1. The van der Waals surface area contributed by atoms with E-state index in [1.807, 2.05) is 0 Å². The molecule has 0 spiro atoms. The maximum Gasteiger partial charge on any atom is 0.306 e. The van der Waals surface area contributed by atoms with Crippen molar-refractivity contribution in [2.45, 2.75) is 49.8 Å². The Balaban J connectivity index is 1.90. The zero-order valence-electron chi connectivity index (χ0n) is 20.9. The highest BCUT2D eigenvalue weighted by Gasteiger charge is 2.36. The second-order valence-corrected chi connectivity index (χ2v) is 11.9. The molecule has 1 heterocycles. The van der Waals surface area contributed by atoms with E-state index in [0.29, 0.717) is 11.3 Å². The number of benzene rings is 2. The van der Waals surface area contributed by atoms with Crippen LogP contribution in [0.2, 0.25) is 10.0 Å². The number of alkyl halides is 2. The Kier molecular flexibility index (Phi) is 9.48. The number of esters is 1. The maximum absolute atomic E-state index is 13.6. The van der Waals surface area contributed by atoms with E-state index in [-0.39, 0.29) is 71.0 Å². The van der Waals surface area contributed by atoms with Gasteiger partial charge in [-0.3, -0.25) is 9.59 Å². The summed E-state index contributed by atoms with van der Waals surface area (Å²) in [5.41, 5.74) is 6.94. The van der Waals surface area contributed by atoms with Crippen molar-refractivity contribution in [3.8, 4) is 0 Å². The van der Waals surface area contributed by atoms with Gasteiger partial charge in [0, 0.05) is 25.9 Å². The van der Waals surface area contributed by atoms with Crippen LogP contribution in [0.1, 0.15) is 44.6 Å². The van der Waals surface area contributed by atoms with Crippen molar-refractivity contribution in [2.75, 3.05) is 41.4 Å². The van der Waals surface area contributed by atoms with Crippen LogP contribution in [0.5, 0.6) is 0 Å². The van der Waals surface area contributed by atoms with Gasteiger partial charge in [0.1, 0.15) is 0 Å². The van der Waals surface area contributed by atoms with Crippen LogP contribution in [0, 0.1) is 0 Å². The largest absolute Gasteiger partial charge is 0.466 e. The fraction of sp³-hybridized carbons (Fsp3) is 0.440. The van der Waals surface area contributed by atoms with Gasteiger partial charge < -0.3 is 20.7 Å². The summed E-state index contributed by atoms with van der Waals surface area (Å²) in [4.78, 5) is 27.3. The molecular formula is C25H29Cl2F2N3O5S. The Morgan fingerprint density at radius 1 is 1.16 bits per heavy atom. The van der Waals surface area contributed by atoms with Crippen LogP contribution in [-0.2, 0) is 24.2 Å². The monoisotopic (exact) mass is 591 g/mol. The summed E-state index contributed by atoms with van der Waals surface area (Å²) in [6.07, 6.45) is -1.03. The predicted octanol–water partition coefficient (Wildman–Crippen LogP) is 5.28. The van der Waals surface area contributed by atoms with Crippen molar-refractivity contribution in [2.24, 2.45) is 0 Å². The molecule has 3 rings (SSSR count). The molecule has 1 atom stereocenters. The predicted molar refractivity (Wildman–Crippen MR) is 144 cm³/mol. The van der Waals surface area contributed by atoms with E-state index in [1.54, 1.807) is 11.8 Å². The van der Waals surface area contributed by atoms with Gasteiger partial charge in [0.2, 0.25) is 5.91 Å². The first-order valence-electron chi connectivity index (χ1n) is 12.0. The Morgan fingerprint density at radius 3 is 2.32 bits per heavy atom. The molecule has 0 aromatic heterocycles. The lowest BCUT2D eigenvalue weighted by Gasteiger charge is -2.34. The molecule has 0 aliphatic carbocycles. The summed E-state index contributed by atoms with van der Waals surface area (Å²) >= 11 is 12.9. The molecule has 13 heteroatoms. The van der Waals surface area contributed by atoms with E-state index in [9.17, 15) is 26.8 Å². The highest BCUT2D eigenvalue weighted by Crippen LogP contribution is 2.44. The minimum absolute atomic E-state index is 0.00841. The zero-order chi connectivity index (χ0) is 28.3. The van der Waals surface area contributed by atoms with Crippen LogP contribution >= 0.6 is 23.2 Å². The second kappa shape index (κ2) is 12.0. The van der Waals surface area contributed by atoms with Crippen molar-refractivity contribution in [1.82, 2.24) is 0 Å². The Hall–Kier alpha value is -2.63. The molecule has 8 nitrogen and oxygen atoms in total. The normalized spacial score (nSPS) is 16.1. The van der Waals surface area contributed by atoms with Gasteiger partial charge in [0.05, 0.1) is 56.7 Å². The highest BCUT2D eigenvalue weighted by atomic mass is 35.5. The first-order valence-corrected chi connectivity index (χ1v) is 14.4. The molecular weight excluding hydrogens is 563 g/mol. The number of hydrogen-bond donors (Lipinski definition) is 2. The molecule has 2 aromatic carbocycles. The van der Waals surface area contributed by atoms with Gasteiger partial charge in [-0.2, -0.15) is 0 Å². The first-order chi connectivity index (χ1) is 17.8. The van der Waals surface area contributed by atoms with Gasteiger partial charge in [0.25, 0.3) is 5.92 Å². The zero-order valence-corrected chi connectivity index (χ0v) is 23.2. The molecule has 1 amide bonds. The number of anilines is 3. The van der Waals surface area contributed by atoms with Crippen molar-refractivity contribution in [3.05, 3.63) is 45.9 Å². The van der Waals surface area contributed by atoms with E-state index in [2.05, 4.69) is 5.32 Å². The van der Waals surface area contributed by atoms with Crippen LogP contribution in [-0.4, -0.2) is 51.7 Å². The molecule has 1 aliphatic rings. The van der Waals surface area contributed by atoms with Crippen molar-refractivity contribution in [3.63, 3.8) is 0 Å². The van der Waals surface area contributed by atoms with E-state index in [0.717, 1.165) is 0 Å². The molecule has 1 saturated heterocycles. The number of rotatable bonds is 9. The molecule has 1 aliphatic heterocycles. The van der Waals surface area contributed by atoms with Gasteiger partial charge >= 0.3 is 5.97 Å². The lowest BCUT2D eigenvalue weighted by Crippen LogP contribution is -2.39. The molecule has 38 heavy (non-hydrogen) atoms. The topological polar surface area (TPSA) is 119 Å². The number of sulfone groups is 1. The summed E-state index contributed by atoms with van der Waals surface area (Å²) in [6, 6.07) is 7.05. The van der Waals surface area contributed by atoms with E-state index in [4.69, 9.17) is 33.7 Å². The third-order valence-electron chi connectivity index (χ3n) is 6.32. The maximum atomic E-state index is 13.6. The van der Waals surface area contributed by atoms with Gasteiger partial charge in [-0.05, 0) is 30.7 Å². The Bertz CT molecular complexity index is 1300. The summed E-state index contributed by atoms with van der Waals surface area (Å²) < 4.78 is 56.5. The lowest BCUT2D eigenvalue weighted by molar-refractivity contribution is -0.144. The fourth-order valence-electron chi connectivity index (χ4n) is 4.12. The van der Waals surface area contributed by atoms with Gasteiger partial charge in [-0.15, -0.1) is 0 Å². The number of piperidine rings is 1. The van der Waals surface area contributed by atoms with Crippen molar-refractivity contribution < 1.29 is 31.5 Å². The summed E-state index contributed by atoms with van der Waals surface area (Å²) in [6.45, 7) is 3.33. The smallest absolute Gasteiger partial charge is 0.306 e. The third kappa shape index (κ3) is 6.86. The summed E-state index contributed by atoms with van der Waals surface area (Å²) in [7, 11) is -3.46. The number of nitrogens with one attached hydrogen (secondary N) is 1. The number of hydrogen-bond acceptors (Lipinski definition) is 7. The second-order valence-electron chi connectivity index (χ2n) is 8.85. The molecule has 1 unspecified atom stereocenters. The SMILES string of the molecule is CCOC(=O)CC(C(=O)Nc1cc(Cl)c(N2CCC(F)(F)CC2)c(Cl)c1N)c1ccc(S(=O)(=O)CC)cc1. The van der Waals surface area contributed by atoms with Crippen LogP contribution in [0.4, 0.5) is 25.8 Å². The first kappa shape index (κ1) is 29.9. The number of nitrogen functional groups attached to an aromatic ring is 1. The molecule has 3 N–H and O–H groups in total. The highest BCUT2D eigenvalue weighted by molar-refractivity contribution is 7.91. The minimum Gasteiger partial charge on any atom is -0.466 e. The number of nitrogens with zero attached hydrogens (tertiary/aromatic N) is 1.